The number of carbonyl (C=O) groups excluding carboxylic acids is 1. The van der Waals surface area contributed by atoms with E-state index in [0.717, 1.165) is 5.56 Å². The van der Waals surface area contributed by atoms with Gasteiger partial charge in [-0.3, -0.25) is 4.79 Å². The smallest absolute Gasteiger partial charge is 0.166 e. The lowest BCUT2D eigenvalue weighted by Crippen LogP contribution is -2.19. The molecular weight excluding hydrogens is 300 g/mol. The fourth-order valence-electron chi connectivity index (χ4n) is 2.09. The number of carbonyl (C=O) groups is 1. The predicted molar refractivity (Wildman–Crippen MR) is 87.8 cm³/mol. The highest BCUT2D eigenvalue weighted by atomic mass is 35.5. The summed E-state index contributed by atoms with van der Waals surface area (Å²) in [6, 6.07) is 17.0. The van der Waals surface area contributed by atoms with Gasteiger partial charge < -0.3 is 9.84 Å². The van der Waals surface area contributed by atoms with Gasteiger partial charge in [0.25, 0.3) is 0 Å². The predicted octanol–water partition coefficient (Wildman–Crippen LogP) is 3.48. The summed E-state index contributed by atoms with van der Waals surface area (Å²) in [7, 11) is 0. The molecular formula is C18H19ClO3. The summed E-state index contributed by atoms with van der Waals surface area (Å²) in [5.74, 6) is 0.619. The third-order valence-electron chi connectivity index (χ3n) is 3.28. The van der Waals surface area contributed by atoms with Crippen LogP contribution >= 0.6 is 11.6 Å². The number of alkyl halides is 1. The molecule has 0 saturated heterocycles. The highest BCUT2D eigenvalue weighted by Crippen LogP contribution is 2.21. The van der Waals surface area contributed by atoms with Crippen LogP contribution in [-0.4, -0.2) is 29.5 Å². The molecule has 0 saturated carbocycles. The Kier molecular flexibility index (Phi) is 6.44. The van der Waals surface area contributed by atoms with Crippen molar-refractivity contribution in [3.8, 4) is 5.75 Å². The fourth-order valence-corrected chi connectivity index (χ4v) is 2.18. The van der Waals surface area contributed by atoms with Crippen molar-refractivity contribution in [1.29, 1.82) is 0 Å². The largest absolute Gasteiger partial charge is 0.490 e. The first-order valence-corrected chi connectivity index (χ1v) is 7.77. The number of ether oxygens (including phenoxy) is 1. The number of aliphatic hydroxyl groups is 1. The maximum Gasteiger partial charge on any atom is 0.166 e. The topological polar surface area (TPSA) is 46.5 Å². The SMILES string of the molecule is O=C(CCc1ccccc1)c1ccccc1OC[C@H](O)CCl. The highest BCUT2D eigenvalue weighted by Gasteiger charge is 2.13. The molecule has 0 bridgehead atoms. The van der Waals surface area contributed by atoms with Crippen LogP contribution in [0.15, 0.2) is 54.6 Å². The molecule has 2 aromatic carbocycles. The maximum absolute atomic E-state index is 12.4. The van der Waals surface area contributed by atoms with Gasteiger partial charge in [-0.05, 0) is 24.1 Å². The van der Waals surface area contributed by atoms with Crippen LogP contribution in [0.2, 0.25) is 0 Å². The Hall–Kier alpha value is -1.84. The average Bonchev–Trinajstić information content (AvgIpc) is 2.58. The molecule has 2 aromatic rings. The van der Waals surface area contributed by atoms with Crippen molar-refractivity contribution in [1.82, 2.24) is 0 Å². The van der Waals surface area contributed by atoms with Gasteiger partial charge in [0.05, 0.1) is 11.4 Å². The number of Topliss-reactive ketones (excluding diaryl/α,β-unsaturated/α-hetero) is 1. The van der Waals surface area contributed by atoms with Gasteiger partial charge in [0, 0.05) is 6.42 Å². The van der Waals surface area contributed by atoms with Gasteiger partial charge in [0.1, 0.15) is 18.5 Å². The first-order chi connectivity index (χ1) is 10.7. The van der Waals surface area contributed by atoms with Crippen molar-refractivity contribution in [3.05, 3.63) is 65.7 Å². The molecule has 0 aliphatic carbocycles. The lowest BCUT2D eigenvalue weighted by atomic mass is 10.0. The van der Waals surface area contributed by atoms with Crippen LogP contribution in [0.5, 0.6) is 5.75 Å². The Morgan fingerprint density at radius 3 is 2.50 bits per heavy atom. The van der Waals surface area contributed by atoms with Gasteiger partial charge in [-0.15, -0.1) is 11.6 Å². The first-order valence-electron chi connectivity index (χ1n) is 7.23. The fraction of sp³-hybridized carbons (Fsp3) is 0.278. The highest BCUT2D eigenvalue weighted by molar-refractivity contribution is 6.18. The van der Waals surface area contributed by atoms with E-state index in [2.05, 4.69) is 0 Å². The van der Waals surface area contributed by atoms with Crippen molar-refractivity contribution in [2.75, 3.05) is 12.5 Å². The van der Waals surface area contributed by atoms with E-state index < -0.39 is 6.10 Å². The number of rotatable bonds is 8. The average molecular weight is 319 g/mol. The summed E-state index contributed by atoms with van der Waals surface area (Å²) >= 11 is 5.54. The molecule has 0 radical (unpaired) electrons. The summed E-state index contributed by atoms with van der Waals surface area (Å²) < 4.78 is 5.51. The van der Waals surface area contributed by atoms with Crippen molar-refractivity contribution >= 4 is 17.4 Å². The van der Waals surface area contributed by atoms with Gasteiger partial charge in [-0.25, -0.2) is 0 Å². The molecule has 0 fully saturated rings. The van der Waals surface area contributed by atoms with Gasteiger partial charge >= 0.3 is 0 Å². The van der Waals surface area contributed by atoms with E-state index in [1.807, 2.05) is 30.3 Å². The van der Waals surface area contributed by atoms with E-state index in [1.165, 1.54) is 0 Å². The third-order valence-corrected chi connectivity index (χ3v) is 3.64. The Morgan fingerprint density at radius 1 is 1.09 bits per heavy atom. The van der Waals surface area contributed by atoms with Gasteiger partial charge in [0.2, 0.25) is 0 Å². The zero-order valence-corrected chi connectivity index (χ0v) is 13.0. The van der Waals surface area contributed by atoms with Crippen LogP contribution < -0.4 is 4.74 Å². The van der Waals surface area contributed by atoms with Crippen LogP contribution in [0.25, 0.3) is 0 Å². The number of ketones is 1. The lowest BCUT2D eigenvalue weighted by molar-refractivity contribution is 0.0968. The minimum atomic E-state index is -0.742. The number of halogens is 1. The minimum absolute atomic E-state index is 0.0276. The molecule has 0 spiro atoms. The number of aliphatic hydroxyl groups excluding tert-OH is 1. The van der Waals surface area contributed by atoms with Crippen molar-refractivity contribution in [2.45, 2.75) is 18.9 Å². The minimum Gasteiger partial charge on any atom is -0.490 e. The van der Waals surface area contributed by atoms with E-state index in [0.29, 0.717) is 24.2 Å². The van der Waals surface area contributed by atoms with E-state index in [-0.39, 0.29) is 18.3 Å². The number of hydrogen-bond donors (Lipinski definition) is 1. The molecule has 0 amide bonds. The van der Waals surface area contributed by atoms with Crippen LogP contribution in [0.3, 0.4) is 0 Å². The van der Waals surface area contributed by atoms with E-state index >= 15 is 0 Å². The van der Waals surface area contributed by atoms with Crippen molar-refractivity contribution < 1.29 is 14.6 Å². The molecule has 22 heavy (non-hydrogen) atoms. The molecule has 1 atom stereocenters. The number of hydrogen-bond acceptors (Lipinski definition) is 3. The molecule has 0 aliphatic rings. The summed E-state index contributed by atoms with van der Waals surface area (Å²) in [6.07, 6.45) is 0.370. The lowest BCUT2D eigenvalue weighted by Gasteiger charge is -2.13. The van der Waals surface area contributed by atoms with Crippen molar-refractivity contribution in [3.63, 3.8) is 0 Å². The number of para-hydroxylation sites is 1. The molecule has 4 heteroatoms. The Balaban J connectivity index is 1.99. The van der Waals surface area contributed by atoms with Crippen LogP contribution in [-0.2, 0) is 6.42 Å². The van der Waals surface area contributed by atoms with Gasteiger partial charge in [-0.2, -0.15) is 0 Å². The van der Waals surface area contributed by atoms with E-state index in [4.69, 9.17) is 16.3 Å². The Morgan fingerprint density at radius 2 is 1.77 bits per heavy atom. The first kappa shape index (κ1) is 16.5. The summed E-state index contributed by atoms with van der Waals surface area (Å²) in [5, 5.41) is 9.46. The molecule has 0 aromatic heterocycles. The number of aryl methyl sites for hydroxylation is 1. The molecule has 0 aliphatic heterocycles. The molecule has 2 rings (SSSR count). The van der Waals surface area contributed by atoms with Crippen molar-refractivity contribution in [2.24, 2.45) is 0 Å². The van der Waals surface area contributed by atoms with Crippen LogP contribution in [0, 0.1) is 0 Å². The quantitative estimate of drug-likeness (QED) is 0.599. The monoisotopic (exact) mass is 318 g/mol. The van der Waals surface area contributed by atoms with E-state index in [9.17, 15) is 9.90 Å². The van der Waals surface area contributed by atoms with Gasteiger partial charge in [-0.1, -0.05) is 42.5 Å². The second-order valence-electron chi connectivity index (χ2n) is 5.02. The van der Waals surface area contributed by atoms with Gasteiger partial charge in [0.15, 0.2) is 5.78 Å². The molecule has 116 valence electrons. The summed E-state index contributed by atoms with van der Waals surface area (Å²) in [6.45, 7) is 0.0759. The molecule has 0 unspecified atom stereocenters. The van der Waals surface area contributed by atoms with Crippen LogP contribution in [0.1, 0.15) is 22.3 Å². The third kappa shape index (κ3) is 4.86. The zero-order valence-electron chi connectivity index (χ0n) is 12.2. The Bertz CT molecular complexity index is 598. The van der Waals surface area contributed by atoms with Crippen LogP contribution in [0.4, 0.5) is 0 Å². The summed E-state index contributed by atoms with van der Waals surface area (Å²) in [4.78, 5) is 12.4. The maximum atomic E-state index is 12.4. The number of benzene rings is 2. The summed E-state index contributed by atoms with van der Waals surface area (Å²) in [5.41, 5.74) is 1.67. The van der Waals surface area contributed by atoms with E-state index in [1.54, 1.807) is 24.3 Å². The second kappa shape index (κ2) is 8.57. The molecule has 1 N–H and O–H groups in total. The molecule has 0 heterocycles. The molecule has 3 nitrogen and oxygen atoms in total. The Labute approximate surface area is 135 Å². The standard InChI is InChI=1S/C18H19ClO3/c19-12-15(20)13-22-18-9-5-4-8-16(18)17(21)11-10-14-6-2-1-3-7-14/h1-9,15,20H,10-13H2/t15-/m1/s1. The zero-order chi connectivity index (χ0) is 15.8. The second-order valence-corrected chi connectivity index (χ2v) is 5.33. The normalized spacial score (nSPS) is 11.9.